The molecule has 0 bridgehead atoms. The summed E-state index contributed by atoms with van der Waals surface area (Å²) in [5.74, 6) is 5.35. The minimum atomic E-state index is -0.783. The Bertz CT molecular complexity index is 1690. The van der Waals surface area contributed by atoms with Crippen molar-refractivity contribution in [3.63, 3.8) is 0 Å². The fourth-order valence-electron chi connectivity index (χ4n) is 4.96. The molecule has 2 fully saturated rings. The van der Waals surface area contributed by atoms with Gasteiger partial charge in [0.25, 0.3) is 0 Å². The first kappa shape index (κ1) is 29.9. The highest BCUT2D eigenvalue weighted by Crippen LogP contribution is 2.37. The number of anilines is 1. The van der Waals surface area contributed by atoms with Gasteiger partial charge in [0, 0.05) is 32.2 Å². The number of likely N-dealkylation sites (tertiary alicyclic amines) is 1. The van der Waals surface area contributed by atoms with E-state index in [-0.39, 0.29) is 35.2 Å². The Morgan fingerprint density at radius 1 is 1.05 bits per heavy atom. The van der Waals surface area contributed by atoms with Gasteiger partial charge in [-0.25, -0.2) is 23.6 Å². The molecule has 2 aliphatic rings. The highest BCUT2D eigenvalue weighted by Gasteiger charge is 2.36. The topological polar surface area (TPSA) is 119 Å². The van der Waals surface area contributed by atoms with Gasteiger partial charge in [-0.15, -0.1) is 0 Å². The van der Waals surface area contributed by atoms with Crippen LogP contribution in [-0.2, 0) is 9.47 Å². The van der Waals surface area contributed by atoms with E-state index in [1.807, 2.05) is 4.57 Å². The van der Waals surface area contributed by atoms with Crippen molar-refractivity contribution in [3.8, 4) is 17.9 Å². The third-order valence-electron chi connectivity index (χ3n) is 7.06. The molecule has 12 heteroatoms. The van der Waals surface area contributed by atoms with Crippen LogP contribution in [-0.4, -0.2) is 67.8 Å². The lowest BCUT2D eigenvalue weighted by Gasteiger charge is -2.26. The second-order valence-corrected chi connectivity index (χ2v) is 13.0. The maximum atomic E-state index is 15.2. The van der Waals surface area contributed by atoms with E-state index < -0.39 is 29.2 Å². The van der Waals surface area contributed by atoms with Gasteiger partial charge in [-0.1, -0.05) is 5.92 Å². The number of carbonyl (C=O) groups excluding carboxylic acids is 2. The molecule has 1 aliphatic heterocycles. The Kier molecular flexibility index (Phi) is 7.59. The molecule has 3 aromatic rings. The first-order valence-electron chi connectivity index (χ1n) is 14.3. The van der Waals surface area contributed by atoms with Gasteiger partial charge < -0.3 is 18.9 Å². The second-order valence-electron chi connectivity index (χ2n) is 13.0. The molecule has 1 aromatic carbocycles. The molecule has 0 spiro atoms. The van der Waals surface area contributed by atoms with Crippen LogP contribution in [0.1, 0.15) is 89.7 Å². The number of carbonyl (C=O) groups is 2. The summed E-state index contributed by atoms with van der Waals surface area (Å²) in [5, 5.41) is 14.8. The van der Waals surface area contributed by atoms with Crippen molar-refractivity contribution in [2.24, 2.45) is 0 Å². The van der Waals surface area contributed by atoms with Crippen LogP contribution in [0.4, 0.5) is 19.8 Å². The summed E-state index contributed by atoms with van der Waals surface area (Å²) in [6, 6.07) is 5.11. The SMILES string of the molecule is CN(C(=O)OC(C)(C)C)c1c(C#N)c(C#Cc2cc3ncn(C4CC4)c3cc2F)nn1[C@H]1CCN(C(=O)OC(C)(C)C)C1. The Balaban J connectivity index is 1.52. The molecule has 0 N–H and O–H groups in total. The molecule has 1 aliphatic carbocycles. The summed E-state index contributed by atoms with van der Waals surface area (Å²) in [5.41, 5.74) is 0.129. The molecule has 5 rings (SSSR count). The van der Waals surface area contributed by atoms with Gasteiger partial charge in [0.15, 0.2) is 11.5 Å². The average molecular weight is 590 g/mol. The average Bonchev–Trinajstić information content (AvgIpc) is 3.31. The molecule has 2 amide bonds. The summed E-state index contributed by atoms with van der Waals surface area (Å²) < 4.78 is 29.8. The Hall–Kier alpha value is -4.58. The lowest BCUT2D eigenvalue weighted by Crippen LogP contribution is -2.37. The van der Waals surface area contributed by atoms with Crippen molar-refractivity contribution >= 4 is 29.0 Å². The van der Waals surface area contributed by atoms with E-state index in [4.69, 9.17) is 9.47 Å². The van der Waals surface area contributed by atoms with Gasteiger partial charge in [0.2, 0.25) is 0 Å². The molecule has 3 heterocycles. The largest absolute Gasteiger partial charge is 0.444 e. The number of ether oxygens (including phenoxy) is 2. The van der Waals surface area contributed by atoms with Gasteiger partial charge in [0.1, 0.15) is 28.7 Å². The summed E-state index contributed by atoms with van der Waals surface area (Å²) in [6.45, 7) is 11.3. The van der Waals surface area contributed by atoms with Gasteiger partial charge in [0.05, 0.1) is 29.0 Å². The number of nitriles is 1. The number of rotatable bonds is 3. The van der Waals surface area contributed by atoms with Crippen LogP contribution >= 0.6 is 0 Å². The Morgan fingerprint density at radius 2 is 1.74 bits per heavy atom. The number of imidazole rings is 1. The van der Waals surface area contributed by atoms with Gasteiger partial charge in [-0.3, -0.25) is 4.90 Å². The van der Waals surface area contributed by atoms with E-state index in [0.29, 0.717) is 30.0 Å². The van der Waals surface area contributed by atoms with Crippen molar-refractivity contribution in [3.05, 3.63) is 41.1 Å². The van der Waals surface area contributed by atoms with E-state index in [9.17, 15) is 14.9 Å². The van der Waals surface area contributed by atoms with E-state index in [1.54, 1.807) is 58.8 Å². The van der Waals surface area contributed by atoms with E-state index >= 15 is 4.39 Å². The van der Waals surface area contributed by atoms with Crippen molar-refractivity contribution in [2.75, 3.05) is 25.0 Å². The van der Waals surface area contributed by atoms with Crippen LogP contribution in [0.5, 0.6) is 0 Å². The van der Waals surface area contributed by atoms with Crippen LogP contribution in [0.3, 0.4) is 0 Å². The predicted octanol–water partition coefficient (Wildman–Crippen LogP) is 5.53. The molecule has 2 aromatic heterocycles. The lowest BCUT2D eigenvalue weighted by molar-refractivity contribution is 0.0287. The zero-order valence-corrected chi connectivity index (χ0v) is 25.6. The lowest BCUT2D eigenvalue weighted by atomic mass is 10.1. The number of hydrogen-bond acceptors (Lipinski definition) is 7. The molecule has 1 saturated carbocycles. The molecule has 43 heavy (non-hydrogen) atoms. The smallest absolute Gasteiger partial charge is 0.415 e. The minimum absolute atomic E-state index is 0.0380. The molecular weight excluding hydrogens is 553 g/mol. The number of halogens is 1. The van der Waals surface area contributed by atoms with Crippen molar-refractivity contribution in [2.45, 2.75) is 84.1 Å². The van der Waals surface area contributed by atoms with Gasteiger partial charge in [-0.2, -0.15) is 10.4 Å². The van der Waals surface area contributed by atoms with Gasteiger partial charge in [-0.05, 0) is 72.8 Å². The van der Waals surface area contributed by atoms with E-state index in [1.165, 1.54) is 22.7 Å². The first-order chi connectivity index (χ1) is 20.1. The van der Waals surface area contributed by atoms with Crippen molar-refractivity contribution in [1.82, 2.24) is 24.2 Å². The summed E-state index contributed by atoms with van der Waals surface area (Å²) in [6.07, 6.45) is 3.17. The van der Waals surface area contributed by atoms with E-state index in [2.05, 4.69) is 28.0 Å². The summed E-state index contributed by atoms with van der Waals surface area (Å²) in [7, 11) is 1.49. The zero-order valence-electron chi connectivity index (χ0n) is 25.6. The van der Waals surface area contributed by atoms with Crippen LogP contribution in [0.2, 0.25) is 0 Å². The first-order valence-corrected chi connectivity index (χ1v) is 14.3. The molecule has 11 nitrogen and oxygen atoms in total. The summed E-state index contributed by atoms with van der Waals surface area (Å²) >= 11 is 0. The van der Waals surface area contributed by atoms with Gasteiger partial charge >= 0.3 is 12.2 Å². The fourth-order valence-corrected chi connectivity index (χ4v) is 4.96. The normalized spacial score (nSPS) is 16.9. The quantitative estimate of drug-likeness (QED) is 0.369. The fraction of sp³-hybridized carbons (Fsp3) is 0.516. The number of benzene rings is 1. The number of amides is 2. The number of hydrogen-bond donors (Lipinski definition) is 0. The van der Waals surface area contributed by atoms with Crippen LogP contribution in [0.15, 0.2) is 18.5 Å². The molecule has 226 valence electrons. The Morgan fingerprint density at radius 3 is 2.37 bits per heavy atom. The monoisotopic (exact) mass is 589 g/mol. The highest BCUT2D eigenvalue weighted by atomic mass is 19.1. The van der Waals surface area contributed by atoms with Crippen molar-refractivity contribution in [1.29, 1.82) is 5.26 Å². The molecular formula is C31H36FN7O4. The van der Waals surface area contributed by atoms with Crippen LogP contribution in [0, 0.1) is 29.0 Å². The standard InChI is InChI=1S/C31H36FN7O4/c1-30(2,3)42-28(40)36(7)27-22(16-33)24(35-39(27)21-12-13-37(17-21)29(41)43-31(4,5)6)11-8-19-14-25-26(15-23(19)32)38(18-34-25)20-9-10-20/h14-15,18,20-21H,9-10,12-13,17H2,1-7H3/t21-/m0/s1. The predicted molar refractivity (Wildman–Crippen MR) is 157 cm³/mol. The Labute approximate surface area is 250 Å². The molecule has 1 atom stereocenters. The molecule has 1 saturated heterocycles. The summed E-state index contributed by atoms with van der Waals surface area (Å²) in [4.78, 5) is 33.1. The van der Waals surface area contributed by atoms with Crippen LogP contribution < -0.4 is 4.90 Å². The highest BCUT2D eigenvalue weighted by molar-refractivity contribution is 5.88. The molecule has 0 unspecified atom stereocenters. The third-order valence-corrected chi connectivity index (χ3v) is 7.06. The number of nitrogens with zero attached hydrogens (tertiary/aromatic N) is 7. The minimum Gasteiger partial charge on any atom is -0.444 e. The van der Waals surface area contributed by atoms with Crippen molar-refractivity contribution < 1.29 is 23.5 Å². The van der Waals surface area contributed by atoms with Crippen LogP contribution in [0.25, 0.3) is 11.0 Å². The second kappa shape index (κ2) is 10.9. The molecule has 0 radical (unpaired) electrons. The maximum absolute atomic E-state index is 15.2. The number of fused-ring (bicyclic) bond motifs is 1. The number of aromatic nitrogens is 4. The third kappa shape index (κ3) is 6.43. The van der Waals surface area contributed by atoms with E-state index in [0.717, 1.165) is 12.8 Å². The zero-order chi connectivity index (χ0) is 31.3. The maximum Gasteiger partial charge on any atom is 0.415 e.